The van der Waals surface area contributed by atoms with Crippen molar-refractivity contribution < 1.29 is 4.74 Å². The Bertz CT molecular complexity index is 238. The summed E-state index contributed by atoms with van der Waals surface area (Å²) in [6.07, 6.45) is 6.88. The molecule has 0 radical (unpaired) electrons. The highest BCUT2D eigenvalue weighted by Gasteiger charge is 2.36. The van der Waals surface area contributed by atoms with Crippen LogP contribution in [0.5, 0.6) is 0 Å². The van der Waals surface area contributed by atoms with E-state index in [0.29, 0.717) is 24.5 Å². The van der Waals surface area contributed by atoms with Crippen molar-refractivity contribution in [1.82, 2.24) is 0 Å². The van der Waals surface area contributed by atoms with Gasteiger partial charge in [-0.2, -0.15) is 0 Å². The molecular formula is C10H17N3O. The summed E-state index contributed by atoms with van der Waals surface area (Å²) < 4.78 is 5.76. The van der Waals surface area contributed by atoms with Gasteiger partial charge in [0.1, 0.15) is 0 Å². The fourth-order valence-electron chi connectivity index (χ4n) is 2.75. The molecule has 2 fully saturated rings. The van der Waals surface area contributed by atoms with Gasteiger partial charge in [0, 0.05) is 11.5 Å². The van der Waals surface area contributed by atoms with E-state index in [9.17, 15) is 0 Å². The van der Waals surface area contributed by atoms with Gasteiger partial charge in [-0.25, -0.2) is 0 Å². The smallest absolute Gasteiger partial charge is 0.0606 e. The van der Waals surface area contributed by atoms with Gasteiger partial charge in [-0.3, -0.25) is 0 Å². The summed E-state index contributed by atoms with van der Waals surface area (Å²) in [4.78, 5) is 2.83. The third-order valence-electron chi connectivity index (χ3n) is 3.51. The number of nitrogens with zero attached hydrogens (tertiary/aromatic N) is 3. The Labute approximate surface area is 84.3 Å². The molecule has 1 heterocycles. The summed E-state index contributed by atoms with van der Waals surface area (Å²) in [6.45, 7) is 1.42. The van der Waals surface area contributed by atoms with Gasteiger partial charge in [-0.15, -0.1) is 0 Å². The predicted octanol–water partition coefficient (Wildman–Crippen LogP) is 2.89. The Hall–Kier alpha value is -0.730. The van der Waals surface area contributed by atoms with E-state index in [1.165, 1.54) is 32.1 Å². The molecule has 4 heteroatoms. The van der Waals surface area contributed by atoms with Crippen LogP contribution in [0.4, 0.5) is 0 Å². The van der Waals surface area contributed by atoms with Crippen LogP contribution in [0.2, 0.25) is 0 Å². The van der Waals surface area contributed by atoms with Crippen LogP contribution in [0.25, 0.3) is 10.4 Å². The number of rotatable bonds is 2. The van der Waals surface area contributed by atoms with Gasteiger partial charge in [-0.1, -0.05) is 24.4 Å². The topological polar surface area (TPSA) is 58.0 Å². The summed E-state index contributed by atoms with van der Waals surface area (Å²) in [5, 5.41) is 3.68. The molecule has 1 saturated carbocycles. The summed E-state index contributed by atoms with van der Waals surface area (Å²) in [6, 6.07) is 0. The number of fused-ring (bicyclic) bond motifs is 1. The number of hydrogen-bond donors (Lipinski definition) is 0. The first-order valence-corrected chi connectivity index (χ1v) is 5.54. The molecule has 2 rings (SSSR count). The van der Waals surface area contributed by atoms with E-state index in [1.54, 1.807) is 0 Å². The maximum absolute atomic E-state index is 8.30. The quantitative estimate of drug-likeness (QED) is 0.379. The van der Waals surface area contributed by atoms with Crippen molar-refractivity contribution >= 4 is 0 Å². The highest BCUT2D eigenvalue weighted by molar-refractivity contribution is 4.86. The van der Waals surface area contributed by atoms with E-state index in [2.05, 4.69) is 10.0 Å². The molecule has 0 aromatic carbocycles. The predicted molar refractivity (Wildman–Crippen MR) is 53.8 cm³/mol. The minimum atomic E-state index is 0.455. The Kier molecular flexibility index (Phi) is 3.27. The fraction of sp³-hybridized carbons (Fsp3) is 1.00. The van der Waals surface area contributed by atoms with E-state index < -0.39 is 0 Å². The molecule has 1 aliphatic heterocycles. The van der Waals surface area contributed by atoms with Crippen molar-refractivity contribution in [2.45, 2.75) is 38.2 Å². The third kappa shape index (κ3) is 2.02. The Morgan fingerprint density at radius 2 is 2.14 bits per heavy atom. The van der Waals surface area contributed by atoms with E-state index in [4.69, 9.17) is 10.3 Å². The second-order valence-electron chi connectivity index (χ2n) is 4.35. The van der Waals surface area contributed by atoms with Crippen LogP contribution in [0.3, 0.4) is 0 Å². The molecular weight excluding hydrogens is 178 g/mol. The van der Waals surface area contributed by atoms with Crippen LogP contribution in [0.15, 0.2) is 5.11 Å². The van der Waals surface area contributed by atoms with Crippen LogP contribution in [-0.4, -0.2) is 19.3 Å². The van der Waals surface area contributed by atoms with E-state index >= 15 is 0 Å². The van der Waals surface area contributed by atoms with Gasteiger partial charge < -0.3 is 4.74 Å². The number of azide groups is 1. The first kappa shape index (κ1) is 9.81. The van der Waals surface area contributed by atoms with Crippen molar-refractivity contribution in [2.75, 3.05) is 13.2 Å². The van der Waals surface area contributed by atoms with Gasteiger partial charge in [0.05, 0.1) is 12.7 Å². The number of ether oxygens (including phenoxy) is 1. The molecule has 3 atom stereocenters. The van der Waals surface area contributed by atoms with Gasteiger partial charge in [0.15, 0.2) is 0 Å². The van der Waals surface area contributed by atoms with E-state index in [1.807, 2.05) is 0 Å². The third-order valence-corrected chi connectivity index (χ3v) is 3.51. The van der Waals surface area contributed by atoms with Crippen molar-refractivity contribution in [1.29, 1.82) is 0 Å². The Morgan fingerprint density at radius 3 is 3.00 bits per heavy atom. The minimum Gasteiger partial charge on any atom is -0.378 e. The number of hydrogen-bond acceptors (Lipinski definition) is 2. The molecule has 0 aromatic heterocycles. The fourth-order valence-corrected chi connectivity index (χ4v) is 2.75. The highest BCUT2D eigenvalue weighted by Crippen LogP contribution is 2.36. The lowest BCUT2D eigenvalue weighted by Crippen LogP contribution is -2.20. The Balaban J connectivity index is 1.96. The van der Waals surface area contributed by atoms with E-state index in [-0.39, 0.29) is 0 Å². The zero-order chi connectivity index (χ0) is 9.80. The van der Waals surface area contributed by atoms with Gasteiger partial charge >= 0.3 is 0 Å². The molecule has 2 aliphatic rings. The summed E-state index contributed by atoms with van der Waals surface area (Å²) in [5.41, 5.74) is 8.30. The van der Waals surface area contributed by atoms with Crippen molar-refractivity contribution in [2.24, 2.45) is 17.0 Å². The largest absolute Gasteiger partial charge is 0.378 e. The monoisotopic (exact) mass is 195 g/mol. The van der Waals surface area contributed by atoms with Crippen LogP contribution in [-0.2, 0) is 4.74 Å². The lowest BCUT2D eigenvalue weighted by Gasteiger charge is -2.18. The lowest BCUT2D eigenvalue weighted by atomic mass is 9.87. The molecule has 4 nitrogen and oxygen atoms in total. The maximum atomic E-state index is 8.30. The van der Waals surface area contributed by atoms with Gasteiger partial charge in [0.2, 0.25) is 0 Å². The normalized spacial score (nSPS) is 37.0. The molecule has 1 saturated heterocycles. The molecule has 0 amide bonds. The van der Waals surface area contributed by atoms with Crippen LogP contribution >= 0.6 is 0 Å². The molecule has 0 bridgehead atoms. The summed E-state index contributed by atoms with van der Waals surface area (Å²) in [5.74, 6) is 1.14. The first-order chi connectivity index (χ1) is 6.92. The maximum Gasteiger partial charge on any atom is 0.0606 e. The second kappa shape index (κ2) is 4.67. The standard InChI is InChI=1S/C10H17N3O/c11-13-12-6-8-7-14-10-5-3-1-2-4-9(8)10/h8-10H,1-7H2/t8?,9-,10+/m0/s1. The molecule has 1 unspecified atom stereocenters. The summed E-state index contributed by atoms with van der Waals surface area (Å²) in [7, 11) is 0. The zero-order valence-corrected chi connectivity index (χ0v) is 8.43. The van der Waals surface area contributed by atoms with Crippen LogP contribution in [0.1, 0.15) is 32.1 Å². The zero-order valence-electron chi connectivity index (χ0n) is 8.43. The molecule has 0 spiro atoms. The molecule has 0 N–H and O–H groups in total. The van der Waals surface area contributed by atoms with E-state index in [0.717, 1.165) is 6.61 Å². The molecule has 1 aliphatic carbocycles. The average Bonchev–Trinajstić information content (AvgIpc) is 2.45. The minimum absolute atomic E-state index is 0.455. The SMILES string of the molecule is [N-]=[N+]=NCC1CO[C@@H]2CCCCC[C@@H]12. The molecule has 0 aromatic rings. The molecule has 14 heavy (non-hydrogen) atoms. The first-order valence-electron chi connectivity index (χ1n) is 5.54. The van der Waals surface area contributed by atoms with Crippen LogP contribution < -0.4 is 0 Å². The van der Waals surface area contributed by atoms with Crippen molar-refractivity contribution in [3.8, 4) is 0 Å². The van der Waals surface area contributed by atoms with Gasteiger partial charge in [-0.05, 0) is 30.2 Å². The molecule has 78 valence electrons. The van der Waals surface area contributed by atoms with Crippen LogP contribution in [0, 0.1) is 11.8 Å². The average molecular weight is 195 g/mol. The Morgan fingerprint density at radius 1 is 1.29 bits per heavy atom. The van der Waals surface area contributed by atoms with Crippen molar-refractivity contribution in [3.05, 3.63) is 10.4 Å². The lowest BCUT2D eigenvalue weighted by molar-refractivity contribution is 0.0846. The van der Waals surface area contributed by atoms with Crippen molar-refractivity contribution in [3.63, 3.8) is 0 Å². The highest BCUT2D eigenvalue weighted by atomic mass is 16.5. The van der Waals surface area contributed by atoms with Gasteiger partial charge in [0.25, 0.3) is 0 Å². The second-order valence-corrected chi connectivity index (χ2v) is 4.35. The summed E-state index contributed by atoms with van der Waals surface area (Å²) >= 11 is 0.